The van der Waals surface area contributed by atoms with E-state index >= 15 is 0 Å². The van der Waals surface area contributed by atoms with Crippen LogP contribution in [0.25, 0.3) is 0 Å². The van der Waals surface area contributed by atoms with Crippen molar-refractivity contribution in [2.45, 2.75) is 341 Å². The number of allylic oxidation sites excluding steroid dienone is 26. The van der Waals surface area contributed by atoms with Crippen LogP contribution in [0.4, 0.5) is 0 Å². The van der Waals surface area contributed by atoms with Gasteiger partial charge in [-0.05, 0) is 167 Å². The van der Waals surface area contributed by atoms with Gasteiger partial charge in [-0.15, -0.1) is 0 Å². The van der Waals surface area contributed by atoms with Crippen LogP contribution < -0.4 is 0 Å². The molecule has 0 bridgehead atoms. The van der Waals surface area contributed by atoms with Gasteiger partial charge < -0.3 is 33.8 Å². The number of aliphatic hydroxyl groups is 1. The highest BCUT2D eigenvalue weighted by atomic mass is 31.2. The molecule has 0 amide bonds. The van der Waals surface area contributed by atoms with Gasteiger partial charge in [-0.1, -0.05) is 288 Å². The number of esters is 4. The molecule has 0 saturated heterocycles. The molecule has 0 radical (unpaired) electrons. The Kier molecular flexibility index (Phi) is 75.8. The van der Waals surface area contributed by atoms with Crippen molar-refractivity contribution in [2.75, 3.05) is 39.6 Å². The van der Waals surface area contributed by atoms with E-state index in [9.17, 15) is 43.2 Å². The molecule has 5 unspecified atom stereocenters. The number of ether oxygens (including phenoxy) is 4. The standard InChI is InChI=1S/C89H148O17P2/c1-5-9-13-17-21-25-29-33-37-39-41-43-47-50-54-58-62-66-70-74-87(92)100-80-85(106-89(94)76-72-68-64-60-56-52-48-44-42-40-38-34-30-26-22-18-14-10-6-2)82-104-108(97,98)102-78-83(90)77-101-107(95,96)103-81-84(105-88(93)75-71-67-63-59-55-51-46-36-32-28-24-20-16-12-8-4)79-99-86(91)73-69-65-61-57-53-49-45-35-31-27-23-19-15-11-7-3/h9,13,21-28,33-38,41-46,50,54,62,66,83-85,90H,5-8,10-12,14-20,29-32,39-40,47-49,51-53,55-61,63-65,67-82H2,1-4H3,(H,95,96)(H,97,98)/b13-9-,25-21-,26-22-,27-23-,28-24-,37-33-,38-34-,43-41-,44-42-,45-35-,46-36-,54-50-,66-62-. The van der Waals surface area contributed by atoms with Crippen LogP contribution in [-0.2, 0) is 65.4 Å². The maximum Gasteiger partial charge on any atom is 0.472 e. The monoisotopic (exact) mass is 1550 g/mol. The topological polar surface area (TPSA) is 237 Å². The number of hydrogen-bond acceptors (Lipinski definition) is 15. The molecule has 0 saturated carbocycles. The Morgan fingerprint density at radius 2 is 0.500 bits per heavy atom. The second kappa shape index (κ2) is 79.8. The van der Waals surface area contributed by atoms with Crippen LogP contribution in [0.2, 0.25) is 0 Å². The molecule has 616 valence electrons. The normalized spacial score (nSPS) is 14.6. The lowest BCUT2D eigenvalue weighted by Crippen LogP contribution is -2.30. The molecule has 5 atom stereocenters. The Balaban J connectivity index is 5.49. The molecule has 0 aromatic carbocycles. The largest absolute Gasteiger partial charge is 0.472 e. The fraction of sp³-hybridized carbons (Fsp3) is 0.663. The molecule has 108 heavy (non-hydrogen) atoms. The summed E-state index contributed by atoms with van der Waals surface area (Å²) in [6, 6.07) is 0. The van der Waals surface area contributed by atoms with Crippen LogP contribution in [0, 0.1) is 0 Å². The fourth-order valence-electron chi connectivity index (χ4n) is 10.6. The lowest BCUT2D eigenvalue weighted by Gasteiger charge is -2.21. The van der Waals surface area contributed by atoms with E-state index < -0.39 is 97.5 Å². The Morgan fingerprint density at radius 3 is 0.796 bits per heavy atom. The van der Waals surface area contributed by atoms with Crippen molar-refractivity contribution >= 4 is 39.5 Å². The molecule has 0 aromatic rings. The lowest BCUT2D eigenvalue weighted by molar-refractivity contribution is -0.161. The summed E-state index contributed by atoms with van der Waals surface area (Å²) in [4.78, 5) is 73.1. The van der Waals surface area contributed by atoms with Gasteiger partial charge in [-0.3, -0.25) is 37.3 Å². The van der Waals surface area contributed by atoms with Gasteiger partial charge in [0, 0.05) is 25.7 Å². The second-order valence-corrected chi connectivity index (χ2v) is 30.2. The van der Waals surface area contributed by atoms with E-state index in [1.807, 2.05) is 18.2 Å². The highest BCUT2D eigenvalue weighted by molar-refractivity contribution is 7.47. The number of aliphatic hydroxyl groups excluding tert-OH is 1. The first-order valence-electron chi connectivity index (χ1n) is 41.7. The van der Waals surface area contributed by atoms with Crippen molar-refractivity contribution in [3.8, 4) is 0 Å². The highest BCUT2D eigenvalue weighted by Crippen LogP contribution is 2.45. The minimum absolute atomic E-state index is 0.0279. The Labute approximate surface area is 655 Å². The SMILES string of the molecule is CC/C=C\C/C=C\C/C=C\C/C=C\C/C=C\C/C=C\CCC(=O)OCC(COP(=O)(O)OCC(O)COP(=O)(O)OCC(COC(=O)CCCCCCC/C=C\C/C=C\CCCCC)OC(=O)CCCCCCC/C=C\C/C=C\CCCCC)OC(=O)CCCCCCCC/C=C\C/C=C\C/C=C\CCCCC. The first-order chi connectivity index (χ1) is 52.7. The molecular formula is C89H148O17P2. The summed E-state index contributed by atoms with van der Waals surface area (Å²) < 4.78 is 68.6. The predicted octanol–water partition coefficient (Wildman–Crippen LogP) is 24.8. The quantitative estimate of drug-likeness (QED) is 0.0169. The van der Waals surface area contributed by atoms with Gasteiger partial charge in [0.05, 0.1) is 26.4 Å². The molecule has 0 aliphatic carbocycles. The van der Waals surface area contributed by atoms with Crippen LogP contribution in [0.15, 0.2) is 158 Å². The number of phosphoric ester groups is 2. The maximum atomic E-state index is 13.1. The summed E-state index contributed by atoms with van der Waals surface area (Å²) in [6.45, 7) is 4.56. The third-order valence-corrected chi connectivity index (χ3v) is 18.9. The van der Waals surface area contributed by atoms with Gasteiger partial charge in [0.25, 0.3) is 0 Å². The number of hydrogen-bond donors (Lipinski definition) is 3. The molecule has 0 fully saturated rings. The Bertz CT molecular complexity index is 2660. The zero-order chi connectivity index (χ0) is 78.9. The average Bonchev–Trinajstić information content (AvgIpc) is 0.896. The molecule has 19 heteroatoms. The Hall–Kier alpha value is -5.32. The van der Waals surface area contributed by atoms with Crippen molar-refractivity contribution < 1.29 is 80.2 Å². The zero-order valence-corrected chi connectivity index (χ0v) is 69.3. The molecule has 0 spiro atoms. The predicted molar refractivity (Wildman–Crippen MR) is 445 cm³/mol. The second-order valence-electron chi connectivity index (χ2n) is 27.3. The van der Waals surface area contributed by atoms with Crippen LogP contribution in [-0.4, -0.2) is 96.7 Å². The maximum absolute atomic E-state index is 13.1. The third kappa shape index (κ3) is 78.8. The molecule has 17 nitrogen and oxygen atoms in total. The number of unbranched alkanes of at least 4 members (excludes halogenated alkanes) is 25. The van der Waals surface area contributed by atoms with Crippen molar-refractivity contribution in [3.05, 3.63) is 158 Å². The third-order valence-electron chi connectivity index (χ3n) is 17.0. The Morgan fingerprint density at radius 1 is 0.269 bits per heavy atom. The minimum Gasteiger partial charge on any atom is -0.462 e. The van der Waals surface area contributed by atoms with E-state index in [-0.39, 0.29) is 25.7 Å². The van der Waals surface area contributed by atoms with Gasteiger partial charge in [-0.2, -0.15) is 0 Å². The van der Waals surface area contributed by atoms with E-state index in [0.29, 0.717) is 32.1 Å². The molecule has 0 aliphatic rings. The van der Waals surface area contributed by atoms with E-state index in [2.05, 4.69) is 167 Å². The summed E-state index contributed by atoms with van der Waals surface area (Å²) in [5.74, 6) is -2.32. The van der Waals surface area contributed by atoms with Crippen LogP contribution >= 0.6 is 15.6 Å². The lowest BCUT2D eigenvalue weighted by atomic mass is 10.1. The number of carbonyl (C=O) groups is 4. The molecule has 3 N–H and O–H groups in total. The van der Waals surface area contributed by atoms with Crippen LogP contribution in [0.5, 0.6) is 0 Å². The molecule has 0 aliphatic heterocycles. The van der Waals surface area contributed by atoms with E-state index in [4.69, 9.17) is 37.0 Å². The van der Waals surface area contributed by atoms with Gasteiger partial charge >= 0.3 is 39.5 Å². The van der Waals surface area contributed by atoms with Gasteiger partial charge in [-0.25, -0.2) is 9.13 Å². The first kappa shape index (κ1) is 103. The molecule has 0 heterocycles. The van der Waals surface area contributed by atoms with Crippen molar-refractivity contribution in [1.82, 2.24) is 0 Å². The summed E-state index contributed by atoms with van der Waals surface area (Å²) >= 11 is 0. The first-order valence-corrected chi connectivity index (χ1v) is 44.7. The number of rotatable bonds is 77. The fourth-order valence-corrected chi connectivity index (χ4v) is 12.2. The van der Waals surface area contributed by atoms with Crippen molar-refractivity contribution in [1.29, 1.82) is 0 Å². The van der Waals surface area contributed by atoms with Crippen LogP contribution in [0.1, 0.15) is 323 Å². The van der Waals surface area contributed by atoms with Gasteiger partial charge in [0.1, 0.15) is 19.3 Å². The van der Waals surface area contributed by atoms with E-state index in [1.165, 1.54) is 57.8 Å². The van der Waals surface area contributed by atoms with Crippen molar-refractivity contribution in [3.63, 3.8) is 0 Å². The van der Waals surface area contributed by atoms with Crippen molar-refractivity contribution in [2.24, 2.45) is 0 Å². The molecule has 0 aromatic heterocycles. The highest BCUT2D eigenvalue weighted by Gasteiger charge is 2.30. The number of carbonyl (C=O) groups excluding carboxylic acids is 4. The molecule has 0 rings (SSSR count). The number of phosphoric acid groups is 2. The van der Waals surface area contributed by atoms with Gasteiger partial charge in [0.2, 0.25) is 0 Å². The average molecular weight is 1550 g/mol. The van der Waals surface area contributed by atoms with Crippen LogP contribution in [0.3, 0.4) is 0 Å². The summed E-state index contributed by atoms with van der Waals surface area (Å²) in [5.41, 5.74) is 0. The zero-order valence-electron chi connectivity index (χ0n) is 67.5. The summed E-state index contributed by atoms with van der Waals surface area (Å²) in [5, 5.41) is 10.7. The molecular weight excluding hydrogens is 1400 g/mol. The van der Waals surface area contributed by atoms with Gasteiger partial charge in [0.15, 0.2) is 12.2 Å². The van der Waals surface area contributed by atoms with E-state index in [0.717, 1.165) is 180 Å². The van der Waals surface area contributed by atoms with E-state index in [1.54, 1.807) is 0 Å². The minimum atomic E-state index is -5.01. The smallest absolute Gasteiger partial charge is 0.462 e. The summed E-state index contributed by atoms with van der Waals surface area (Å²) in [6.07, 6.45) is 93.6. The summed E-state index contributed by atoms with van der Waals surface area (Å²) in [7, 11) is -10.0.